The Morgan fingerprint density at radius 3 is 2.32 bits per heavy atom. The van der Waals surface area contributed by atoms with Crippen LogP contribution >= 0.6 is 0 Å². The smallest absolute Gasteiger partial charge is 0.280 e. The van der Waals surface area contributed by atoms with Crippen molar-refractivity contribution < 1.29 is 4.74 Å². The quantitative estimate of drug-likeness (QED) is 0.622. The lowest BCUT2D eigenvalue weighted by Crippen LogP contribution is -2.19. The van der Waals surface area contributed by atoms with E-state index >= 15 is 0 Å². The lowest BCUT2D eigenvalue weighted by molar-refractivity contribution is 0.414. The van der Waals surface area contributed by atoms with Gasteiger partial charge in [-0.15, -0.1) is 0 Å². The van der Waals surface area contributed by atoms with Gasteiger partial charge in [0, 0.05) is 5.69 Å². The molecule has 0 amide bonds. The van der Waals surface area contributed by atoms with Gasteiger partial charge in [-0.2, -0.15) is 0 Å². The van der Waals surface area contributed by atoms with Crippen molar-refractivity contribution in [3.63, 3.8) is 0 Å². The maximum atomic E-state index is 13.2. The normalized spacial score (nSPS) is 11.7. The molecule has 0 aliphatic heterocycles. The topological polar surface area (TPSA) is 59.4 Å². The van der Waals surface area contributed by atoms with Crippen molar-refractivity contribution in [2.75, 3.05) is 7.11 Å². The molecule has 0 unspecified atom stereocenters. The molecule has 5 nitrogen and oxygen atoms in total. The molecule has 0 radical (unpaired) electrons. The van der Waals surface area contributed by atoms with Crippen LogP contribution in [0.15, 0.2) is 52.3 Å². The van der Waals surface area contributed by atoms with Crippen LogP contribution in [0, 0.1) is 13.8 Å². The van der Waals surface area contributed by atoms with Crippen molar-refractivity contribution in [3.05, 3.63) is 75.2 Å². The van der Waals surface area contributed by atoms with Gasteiger partial charge in [0.1, 0.15) is 5.75 Å². The van der Waals surface area contributed by atoms with Gasteiger partial charge in [-0.3, -0.25) is 14.9 Å². The van der Waals surface area contributed by atoms with Crippen LogP contribution in [-0.2, 0) is 6.42 Å². The van der Waals surface area contributed by atoms with Gasteiger partial charge in [0.15, 0.2) is 0 Å². The molecule has 0 aliphatic carbocycles. The number of ether oxygens (including phenoxy) is 1. The van der Waals surface area contributed by atoms with Crippen LogP contribution in [0.4, 0.5) is 5.69 Å². The number of aliphatic imine (C=N–C) groups is 1. The predicted molar refractivity (Wildman–Crippen MR) is 115 cm³/mol. The molecule has 0 spiro atoms. The monoisotopic (exact) mass is 377 g/mol. The van der Waals surface area contributed by atoms with Gasteiger partial charge in [0.05, 0.1) is 29.8 Å². The summed E-state index contributed by atoms with van der Waals surface area (Å²) in [5.41, 5.74) is 6.16. The van der Waals surface area contributed by atoms with Crippen molar-refractivity contribution in [2.45, 2.75) is 40.5 Å². The molecule has 0 saturated heterocycles. The highest BCUT2D eigenvalue weighted by Gasteiger charge is 2.17. The molecule has 2 aromatic carbocycles. The van der Waals surface area contributed by atoms with Crippen LogP contribution in [0.5, 0.6) is 5.75 Å². The van der Waals surface area contributed by atoms with E-state index in [9.17, 15) is 4.79 Å². The molecule has 0 bridgehead atoms. The molecule has 146 valence electrons. The largest absolute Gasteiger partial charge is 0.497 e. The Morgan fingerprint density at radius 2 is 1.75 bits per heavy atom. The molecule has 0 aliphatic rings. The van der Waals surface area contributed by atoms with Crippen molar-refractivity contribution in [2.24, 2.45) is 4.99 Å². The third-order valence-corrected chi connectivity index (χ3v) is 4.66. The summed E-state index contributed by atoms with van der Waals surface area (Å²) in [5.74, 6) is 0.755. The number of nitrogens with one attached hydrogen (secondary N) is 1. The van der Waals surface area contributed by atoms with Crippen molar-refractivity contribution >= 4 is 11.4 Å². The molecule has 1 heterocycles. The first-order valence-electron chi connectivity index (χ1n) is 9.55. The summed E-state index contributed by atoms with van der Waals surface area (Å²) in [6.07, 6.45) is 1.72. The Balaban J connectivity index is 2.09. The molecule has 1 aromatic heterocycles. The Kier molecular flexibility index (Phi) is 5.83. The number of hydrogen-bond donors (Lipinski definition) is 1. The summed E-state index contributed by atoms with van der Waals surface area (Å²) >= 11 is 0. The van der Waals surface area contributed by atoms with E-state index in [1.165, 1.54) is 0 Å². The van der Waals surface area contributed by atoms with Gasteiger partial charge >= 0.3 is 0 Å². The molecule has 0 atom stereocenters. The maximum absolute atomic E-state index is 13.2. The molecule has 1 N–H and O–H groups in total. The molecular weight excluding hydrogens is 350 g/mol. The van der Waals surface area contributed by atoms with Gasteiger partial charge in [-0.05, 0) is 74.7 Å². The van der Waals surface area contributed by atoms with Gasteiger partial charge in [0.2, 0.25) is 0 Å². The van der Waals surface area contributed by atoms with E-state index in [4.69, 9.17) is 9.73 Å². The van der Waals surface area contributed by atoms with Gasteiger partial charge in [-0.25, -0.2) is 4.68 Å². The fraction of sp³-hybridized carbons (Fsp3) is 0.304. The minimum Gasteiger partial charge on any atom is -0.497 e. The molecule has 0 saturated carbocycles. The highest BCUT2D eigenvalue weighted by atomic mass is 16.5. The minimum absolute atomic E-state index is 0.0840. The first kappa shape index (κ1) is 19.7. The Bertz CT molecular complexity index is 1040. The van der Waals surface area contributed by atoms with Gasteiger partial charge < -0.3 is 4.74 Å². The maximum Gasteiger partial charge on any atom is 0.280 e. The molecular formula is C23H27N3O2. The number of nitrogens with zero attached hydrogens (tertiary/aromatic N) is 2. The number of aryl methyl sites for hydroxylation is 3. The summed E-state index contributed by atoms with van der Waals surface area (Å²) < 4.78 is 6.79. The van der Waals surface area contributed by atoms with E-state index in [1.807, 2.05) is 43.3 Å². The molecule has 5 heteroatoms. The number of benzene rings is 2. The lowest BCUT2D eigenvalue weighted by atomic mass is 10.1. The van der Waals surface area contributed by atoms with Crippen LogP contribution in [0.3, 0.4) is 0 Å². The molecule has 0 fully saturated rings. The van der Waals surface area contributed by atoms with Crippen molar-refractivity contribution in [1.29, 1.82) is 0 Å². The van der Waals surface area contributed by atoms with E-state index in [2.05, 4.69) is 31.9 Å². The van der Waals surface area contributed by atoms with E-state index < -0.39 is 0 Å². The Hall–Kier alpha value is -3.08. The van der Waals surface area contributed by atoms with E-state index in [0.29, 0.717) is 5.56 Å². The first-order chi connectivity index (χ1) is 13.4. The number of rotatable bonds is 6. The summed E-state index contributed by atoms with van der Waals surface area (Å²) in [7, 11) is 1.63. The SMILES string of the molecule is CCCc1[nH]n(-c2ccc(OC)cc2)c(=O)c1C(C)=Nc1cc(C)cc(C)c1. The van der Waals surface area contributed by atoms with Crippen molar-refractivity contribution in [3.8, 4) is 11.4 Å². The highest BCUT2D eigenvalue weighted by molar-refractivity contribution is 6.01. The summed E-state index contributed by atoms with van der Waals surface area (Å²) in [5, 5.41) is 3.28. The van der Waals surface area contributed by atoms with Gasteiger partial charge in [-0.1, -0.05) is 19.4 Å². The zero-order chi connectivity index (χ0) is 20.3. The predicted octanol–water partition coefficient (Wildman–Crippen LogP) is 4.88. The Morgan fingerprint density at radius 1 is 1.11 bits per heavy atom. The third-order valence-electron chi connectivity index (χ3n) is 4.66. The zero-order valence-electron chi connectivity index (χ0n) is 17.2. The fourth-order valence-corrected chi connectivity index (χ4v) is 3.46. The summed E-state index contributed by atoms with van der Waals surface area (Å²) in [6, 6.07) is 13.6. The van der Waals surface area contributed by atoms with Crippen molar-refractivity contribution in [1.82, 2.24) is 9.78 Å². The molecule has 3 aromatic rings. The second kappa shape index (κ2) is 8.30. The second-order valence-electron chi connectivity index (χ2n) is 7.10. The molecule has 3 rings (SSSR count). The zero-order valence-corrected chi connectivity index (χ0v) is 17.2. The standard InChI is InChI=1S/C23H27N3O2/c1-6-7-21-22(17(4)24-18-13-15(2)12-16(3)14-18)23(27)26(25-21)19-8-10-20(28-5)11-9-19/h8-14,25H,6-7H2,1-5H3. The van der Waals surface area contributed by atoms with Crippen LogP contribution in [0.1, 0.15) is 42.7 Å². The number of methoxy groups -OCH3 is 1. The summed E-state index contributed by atoms with van der Waals surface area (Å²) in [6.45, 7) is 8.11. The van der Waals surface area contributed by atoms with Crippen LogP contribution in [-0.4, -0.2) is 22.6 Å². The summed E-state index contributed by atoms with van der Waals surface area (Å²) in [4.78, 5) is 18.0. The third kappa shape index (κ3) is 4.09. The average Bonchev–Trinajstić information content (AvgIpc) is 2.97. The Labute approximate surface area is 165 Å². The van der Waals surface area contributed by atoms with Crippen LogP contribution < -0.4 is 10.3 Å². The first-order valence-corrected chi connectivity index (χ1v) is 9.55. The molecule has 28 heavy (non-hydrogen) atoms. The van der Waals surface area contributed by atoms with Gasteiger partial charge in [0.25, 0.3) is 5.56 Å². The number of aromatic amines is 1. The highest BCUT2D eigenvalue weighted by Crippen LogP contribution is 2.20. The van der Waals surface area contributed by atoms with Crippen LogP contribution in [0.2, 0.25) is 0 Å². The minimum atomic E-state index is -0.0840. The number of aromatic nitrogens is 2. The van der Waals surface area contributed by atoms with Crippen LogP contribution in [0.25, 0.3) is 5.69 Å². The van der Waals surface area contributed by atoms with E-state index in [1.54, 1.807) is 11.8 Å². The lowest BCUT2D eigenvalue weighted by Gasteiger charge is -2.03. The fourth-order valence-electron chi connectivity index (χ4n) is 3.46. The second-order valence-corrected chi connectivity index (χ2v) is 7.10. The van der Waals surface area contributed by atoms with E-state index in [0.717, 1.165) is 52.5 Å². The van der Waals surface area contributed by atoms with E-state index in [-0.39, 0.29) is 5.56 Å². The number of hydrogen-bond acceptors (Lipinski definition) is 3. The number of H-pyrrole nitrogens is 1. The average molecular weight is 377 g/mol.